The van der Waals surface area contributed by atoms with Gasteiger partial charge >= 0.3 is 0 Å². The summed E-state index contributed by atoms with van der Waals surface area (Å²) in [6.45, 7) is 8.17. The molecule has 0 aliphatic rings. The van der Waals surface area contributed by atoms with Gasteiger partial charge in [-0.3, -0.25) is 0 Å². The molecule has 0 heterocycles. The Morgan fingerprint density at radius 2 is 1.65 bits per heavy atom. The maximum absolute atomic E-state index is 12.1. The highest BCUT2D eigenvalue weighted by Gasteiger charge is 2.36. The van der Waals surface area contributed by atoms with Crippen LogP contribution in [0.25, 0.3) is 0 Å². The number of nitrogens with zero attached hydrogens (tertiary/aromatic N) is 1. The lowest BCUT2D eigenvalue weighted by molar-refractivity contribution is 0.401. The summed E-state index contributed by atoms with van der Waals surface area (Å²) in [4.78, 5) is 0.193. The van der Waals surface area contributed by atoms with E-state index < -0.39 is 15.7 Å². The highest BCUT2D eigenvalue weighted by molar-refractivity contribution is 7.87. The van der Waals surface area contributed by atoms with E-state index in [4.69, 9.17) is 18.0 Å². The Labute approximate surface area is 110 Å². The molecule has 0 aromatic carbocycles. The Morgan fingerprint density at radius 1 is 1.24 bits per heavy atom. The predicted octanol–water partition coefficient (Wildman–Crippen LogP) is 1.01. The first kappa shape index (κ1) is 16.8. The second kappa shape index (κ2) is 6.63. The fourth-order valence-electron chi connectivity index (χ4n) is 1.67. The van der Waals surface area contributed by atoms with Crippen LogP contribution in [0.5, 0.6) is 0 Å². The minimum absolute atomic E-state index is 0.193. The van der Waals surface area contributed by atoms with Crippen LogP contribution in [-0.4, -0.2) is 36.3 Å². The van der Waals surface area contributed by atoms with E-state index in [1.807, 2.05) is 13.8 Å². The van der Waals surface area contributed by atoms with Crippen LogP contribution in [0.3, 0.4) is 0 Å². The van der Waals surface area contributed by atoms with Crippen LogP contribution in [0, 0.1) is 0 Å². The Hall–Kier alpha value is -0.240. The summed E-state index contributed by atoms with van der Waals surface area (Å²) in [5.74, 6) is 0. The van der Waals surface area contributed by atoms with E-state index in [0.717, 1.165) is 0 Å². The molecule has 102 valence electrons. The summed E-state index contributed by atoms with van der Waals surface area (Å²) in [6, 6.07) is 0. The van der Waals surface area contributed by atoms with E-state index in [1.54, 1.807) is 13.8 Å². The fourth-order valence-corrected chi connectivity index (χ4v) is 3.77. The average molecular weight is 281 g/mol. The lowest BCUT2D eigenvalue weighted by Crippen LogP contribution is -2.59. The lowest BCUT2D eigenvalue weighted by Gasteiger charge is -2.33. The number of thiocarbonyl (C=S) groups is 1. The highest BCUT2D eigenvalue weighted by atomic mass is 32.2. The van der Waals surface area contributed by atoms with Crippen molar-refractivity contribution < 1.29 is 8.42 Å². The Kier molecular flexibility index (Phi) is 6.53. The van der Waals surface area contributed by atoms with Crippen molar-refractivity contribution in [2.75, 3.05) is 13.1 Å². The van der Waals surface area contributed by atoms with Gasteiger partial charge in [0.05, 0.1) is 10.5 Å². The third kappa shape index (κ3) is 3.87. The molecule has 0 saturated heterocycles. The maximum atomic E-state index is 12.1. The molecule has 0 aliphatic heterocycles. The minimum Gasteiger partial charge on any atom is -0.392 e. The van der Waals surface area contributed by atoms with Gasteiger partial charge in [0.2, 0.25) is 0 Å². The monoisotopic (exact) mass is 281 g/mol. The number of rotatable bonds is 8. The molecule has 0 rings (SSSR count). The van der Waals surface area contributed by atoms with Crippen molar-refractivity contribution in [3.05, 3.63) is 0 Å². The Balaban J connectivity index is 5.20. The Morgan fingerprint density at radius 3 is 1.88 bits per heavy atom. The van der Waals surface area contributed by atoms with Crippen LogP contribution in [0.1, 0.15) is 40.5 Å². The topological polar surface area (TPSA) is 75.4 Å². The van der Waals surface area contributed by atoms with E-state index in [-0.39, 0.29) is 4.99 Å². The predicted molar refractivity (Wildman–Crippen MR) is 75.1 cm³/mol. The number of hydrogen-bond donors (Lipinski definition) is 2. The van der Waals surface area contributed by atoms with E-state index in [2.05, 4.69) is 4.72 Å². The van der Waals surface area contributed by atoms with E-state index >= 15 is 0 Å². The van der Waals surface area contributed by atoms with Crippen LogP contribution in [-0.2, 0) is 10.2 Å². The van der Waals surface area contributed by atoms with Crippen LogP contribution in [0.2, 0.25) is 0 Å². The third-order valence-corrected chi connectivity index (χ3v) is 5.28. The van der Waals surface area contributed by atoms with Crippen molar-refractivity contribution in [3.63, 3.8) is 0 Å². The number of nitrogens with one attached hydrogen (secondary N) is 1. The lowest BCUT2D eigenvalue weighted by atomic mass is 9.94. The van der Waals surface area contributed by atoms with Gasteiger partial charge in [0.25, 0.3) is 10.2 Å². The zero-order chi connectivity index (χ0) is 13.7. The smallest absolute Gasteiger partial charge is 0.280 e. The largest absolute Gasteiger partial charge is 0.392 e. The van der Waals surface area contributed by atoms with Crippen molar-refractivity contribution in [3.8, 4) is 0 Å². The Bertz CT molecular complexity index is 347. The molecule has 7 heteroatoms. The average Bonchev–Trinajstić information content (AvgIpc) is 2.26. The molecule has 0 amide bonds. The molecule has 0 saturated carbocycles. The van der Waals surface area contributed by atoms with Gasteiger partial charge in [-0.15, -0.1) is 0 Å². The normalized spacial score (nSPS) is 13.0. The van der Waals surface area contributed by atoms with Gasteiger partial charge in [0.15, 0.2) is 0 Å². The first-order valence-electron chi connectivity index (χ1n) is 5.88. The number of hydrogen-bond acceptors (Lipinski definition) is 3. The first-order valence-corrected chi connectivity index (χ1v) is 7.73. The summed E-state index contributed by atoms with van der Waals surface area (Å²) in [5, 5.41) is 0. The van der Waals surface area contributed by atoms with Gasteiger partial charge in [-0.25, -0.2) is 0 Å². The molecular weight excluding hydrogens is 258 g/mol. The van der Waals surface area contributed by atoms with Crippen LogP contribution < -0.4 is 10.5 Å². The van der Waals surface area contributed by atoms with E-state index in [1.165, 1.54) is 4.31 Å². The molecule has 0 bridgehead atoms. The quantitative estimate of drug-likeness (QED) is 0.651. The molecule has 0 aliphatic carbocycles. The highest BCUT2D eigenvalue weighted by Crippen LogP contribution is 2.18. The zero-order valence-corrected chi connectivity index (χ0v) is 12.6. The fraction of sp³-hybridized carbons (Fsp3) is 0.900. The zero-order valence-electron chi connectivity index (χ0n) is 11.0. The SMILES string of the molecule is CCN(CC)S(=O)(=O)NC(CC)(CC)C(N)=S. The molecule has 3 N–H and O–H groups in total. The van der Waals surface area contributed by atoms with Crippen LogP contribution >= 0.6 is 12.2 Å². The third-order valence-electron chi connectivity index (χ3n) is 3.05. The van der Waals surface area contributed by atoms with Crippen molar-refractivity contribution in [2.24, 2.45) is 5.73 Å². The van der Waals surface area contributed by atoms with Crippen molar-refractivity contribution in [1.82, 2.24) is 9.03 Å². The molecule has 0 aromatic heterocycles. The molecule has 17 heavy (non-hydrogen) atoms. The van der Waals surface area contributed by atoms with Crippen molar-refractivity contribution >= 4 is 27.4 Å². The molecule has 0 atom stereocenters. The van der Waals surface area contributed by atoms with Crippen molar-refractivity contribution in [2.45, 2.75) is 46.1 Å². The summed E-state index contributed by atoms with van der Waals surface area (Å²) < 4.78 is 28.3. The summed E-state index contributed by atoms with van der Waals surface area (Å²) >= 11 is 4.99. The molecule has 0 aromatic rings. The summed E-state index contributed by atoms with van der Waals surface area (Å²) in [6.07, 6.45) is 1.08. The maximum Gasteiger partial charge on any atom is 0.280 e. The molecule has 0 unspecified atom stereocenters. The molecule has 5 nitrogen and oxygen atoms in total. The van der Waals surface area contributed by atoms with Gasteiger partial charge in [-0.05, 0) is 12.8 Å². The molecular formula is C10H23N3O2S2. The standard InChI is InChI=1S/C10H23N3O2S2/c1-5-10(6-2,9(11)16)12-17(14,15)13(7-3)8-4/h12H,5-8H2,1-4H3,(H2,11,16). The molecule has 0 radical (unpaired) electrons. The second-order valence-electron chi connectivity index (χ2n) is 3.84. The van der Waals surface area contributed by atoms with Crippen LogP contribution in [0.15, 0.2) is 0 Å². The molecule has 0 spiro atoms. The molecule has 0 fully saturated rings. The van der Waals surface area contributed by atoms with Gasteiger partial charge in [0.1, 0.15) is 0 Å². The second-order valence-corrected chi connectivity index (χ2v) is 5.96. The summed E-state index contributed by atoms with van der Waals surface area (Å²) in [5.41, 5.74) is 4.85. The van der Waals surface area contributed by atoms with Gasteiger partial charge in [-0.1, -0.05) is 39.9 Å². The number of nitrogens with two attached hydrogens (primary N) is 1. The van der Waals surface area contributed by atoms with Gasteiger partial charge in [-0.2, -0.15) is 17.4 Å². The van der Waals surface area contributed by atoms with E-state index in [0.29, 0.717) is 25.9 Å². The minimum atomic E-state index is -3.53. The first-order chi connectivity index (χ1) is 7.79. The van der Waals surface area contributed by atoms with Crippen LogP contribution in [0.4, 0.5) is 0 Å². The van der Waals surface area contributed by atoms with E-state index in [9.17, 15) is 8.42 Å². The summed E-state index contributed by atoms with van der Waals surface area (Å²) in [7, 11) is -3.53. The van der Waals surface area contributed by atoms with Gasteiger partial charge < -0.3 is 5.73 Å². The van der Waals surface area contributed by atoms with Crippen molar-refractivity contribution in [1.29, 1.82) is 0 Å². The van der Waals surface area contributed by atoms with Gasteiger partial charge in [0, 0.05) is 13.1 Å².